The molecule has 0 aliphatic carbocycles. The van der Waals surface area contributed by atoms with Crippen molar-refractivity contribution in [1.29, 1.82) is 0 Å². The number of carbonyl (C=O) groups excluding carboxylic acids is 4. The predicted molar refractivity (Wildman–Crippen MR) is 138 cm³/mol. The third-order valence-electron chi connectivity index (χ3n) is 5.23. The number of hydrogen-bond donors (Lipinski definition) is 2. The third-order valence-corrected chi connectivity index (χ3v) is 5.23. The Hall–Kier alpha value is -3.10. The van der Waals surface area contributed by atoms with Gasteiger partial charge < -0.3 is 25.0 Å². The van der Waals surface area contributed by atoms with Gasteiger partial charge in [-0.2, -0.15) is 0 Å². The smallest absolute Gasteiger partial charge is 0.408 e. The molecule has 2 atom stereocenters. The summed E-state index contributed by atoms with van der Waals surface area (Å²) in [5.74, 6) is -1.29. The molecule has 1 rings (SSSR count). The van der Waals surface area contributed by atoms with Crippen LogP contribution in [0.3, 0.4) is 0 Å². The van der Waals surface area contributed by atoms with Crippen molar-refractivity contribution < 1.29 is 28.7 Å². The lowest BCUT2D eigenvalue weighted by molar-refractivity contribution is -0.148. The van der Waals surface area contributed by atoms with E-state index in [0.717, 1.165) is 11.1 Å². The van der Waals surface area contributed by atoms with Gasteiger partial charge in [0.05, 0.1) is 13.0 Å². The number of hydrogen-bond acceptors (Lipinski definition) is 6. The Morgan fingerprint density at radius 3 is 2.17 bits per heavy atom. The van der Waals surface area contributed by atoms with Crippen molar-refractivity contribution >= 4 is 23.9 Å². The molecule has 3 amide bonds. The van der Waals surface area contributed by atoms with Crippen LogP contribution in [0.1, 0.15) is 84.5 Å². The molecule has 0 aliphatic heterocycles. The number of alkyl carbamates (subject to hydrolysis) is 1. The van der Waals surface area contributed by atoms with Crippen LogP contribution < -0.4 is 10.6 Å². The summed E-state index contributed by atoms with van der Waals surface area (Å²) in [6, 6.07) is 3.76. The maximum absolute atomic E-state index is 13.8. The number of nitrogens with one attached hydrogen (secondary N) is 2. The number of carbonyl (C=O) groups is 4. The van der Waals surface area contributed by atoms with Gasteiger partial charge in [0.25, 0.3) is 0 Å². The van der Waals surface area contributed by atoms with Crippen LogP contribution in [0.5, 0.6) is 0 Å². The number of benzene rings is 1. The van der Waals surface area contributed by atoms with Gasteiger partial charge in [-0.15, -0.1) is 0 Å². The van der Waals surface area contributed by atoms with Gasteiger partial charge in [0.15, 0.2) is 0 Å². The zero-order valence-corrected chi connectivity index (χ0v) is 23.4. The number of rotatable bonds is 9. The van der Waals surface area contributed by atoms with Crippen molar-refractivity contribution in [2.24, 2.45) is 0 Å². The van der Waals surface area contributed by atoms with Gasteiger partial charge in [0.2, 0.25) is 11.8 Å². The number of aryl methyl sites for hydroxylation is 2. The lowest BCUT2D eigenvalue weighted by atomic mass is 9.92. The highest BCUT2D eigenvalue weighted by Gasteiger charge is 2.41. The topological polar surface area (TPSA) is 114 Å². The predicted octanol–water partition coefficient (Wildman–Crippen LogP) is 3.95. The Morgan fingerprint density at radius 2 is 1.64 bits per heavy atom. The molecule has 2 unspecified atom stereocenters. The summed E-state index contributed by atoms with van der Waals surface area (Å²) in [6.07, 6.45) is -0.710. The molecule has 0 aliphatic rings. The summed E-state index contributed by atoms with van der Waals surface area (Å²) < 4.78 is 10.2. The largest absolute Gasteiger partial charge is 0.466 e. The minimum atomic E-state index is -0.998. The first kappa shape index (κ1) is 30.9. The van der Waals surface area contributed by atoms with Crippen LogP contribution in [0, 0.1) is 13.8 Å². The van der Waals surface area contributed by atoms with Crippen molar-refractivity contribution in [3.05, 3.63) is 34.9 Å². The first-order valence-electron chi connectivity index (χ1n) is 12.3. The quantitative estimate of drug-likeness (QED) is 0.491. The van der Waals surface area contributed by atoms with Crippen LogP contribution in [0.25, 0.3) is 0 Å². The minimum Gasteiger partial charge on any atom is -0.466 e. The zero-order chi connectivity index (χ0) is 27.8. The zero-order valence-electron chi connectivity index (χ0n) is 23.4. The van der Waals surface area contributed by atoms with Gasteiger partial charge in [-0.1, -0.05) is 23.8 Å². The van der Waals surface area contributed by atoms with Gasteiger partial charge in [-0.3, -0.25) is 14.4 Å². The lowest BCUT2D eigenvalue weighted by Crippen LogP contribution is -2.58. The first-order valence-corrected chi connectivity index (χ1v) is 12.3. The van der Waals surface area contributed by atoms with Crippen molar-refractivity contribution in [1.82, 2.24) is 15.5 Å². The Bertz CT molecular complexity index is 946. The second-order valence-electron chi connectivity index (χ2n) is 10.9. The third kappa shape index (κ3) is 9.51. The molecule has 0 fully saturated rings. The van der Waals surface area contributed by atoms with Gasteiger partial charge in [0.1, 0.15) is 17.7 Å². The summed E-state index contributed by atoms with van der Waals surface area (Å²) in [5.41, 5.74) is 0.912. The van der Waals surface area contributed by atoms with E-state index >= 15 is 0 Å². The number of esters is 1. The summed E-state index contributed by atoms with van der Waals surface area (Å²) in [5, 5.41) is 5.38. The fraction of sp³-hybridized carbons (Fsp3) is 0.630. The molecule has 202 valence electrons. The normalized spacial score (nSPS) is 13.3. The molecular weight excluding hydrogens is 462 g/mol. The second kappa shape index (κ2) is 12.7. The van der Waals surface area contributed by atoms with E-state index in [9.17, 15) is 19.2 Å². The van der Waals surface area contributed by atoms with Gasteiger partial charge in [0, 0.05) is 12.1 Å². The molecular formula is C27H43N3O6. The number of nitrogens with zero attached hydrogens (tertiary/aromatic N) is 1. The van der Waals surface area contributed by atoms with E-state index in [1.807, 2.05) is 52.8 Å². The highest BCUT2D eigenvalue weighted by atomic mass is 16.6. The fourth-order valence-electron chi connectivity index (χ4n) is 3.67. The van der Waals surface area contributed by atoms with E-state index in [-0.39, 0.29) is 19.6 Å². The Balaban J connectivity index is 3.39. The highest BCUT2D eigenvalue weighted by molar-refractivity contribution is 5.92. The molecule has 1 aromatic carbocycles. The highest BCUT2D eigenvalue weighted by Crippen LogP contribution is 2.32. The molecule has 0 saturated heterocycles. The van der Waals surface area contributed by atoms with Crippen molar-refractivity contribution in [2.45, 2.75) is 98.9 Å². The molecule has 36 heavy (non-hydrogen) atoms. The van der Waals surface area contributed by atoms with E-state index in [4.69, 9.17) is 9.47 Å². The van der Waals surface area contributed by atoms with E-state index < -0.39 is 47.1 Å². The minimum absolute atomic E-state index is 0.0131. The molecule has 9 heteroatoms. The van der Waals surface area contributed by atoms with Crippen LogP contribution in [-0.2, 0) is 23.9 Å². The summed E-state index contributed by atoms with van der Waals surface area (Å²) in [4.78, 5) is 53.0. The number of amides is 3. The van der Waals surface area contributed by atoms with Crippen molar-refractivity contribution in [2.75, 3.05) is 13.2 Å². The van der Waals surface area contributed by atoms with E-state index in [2.05, 4.69) is 10.6 Å². The average molecular weight is 506 g/mol. The molecule has 0 radical (unpaired) electrons. The summed E-state index contributed by atoms with van der Waals surface area (Å²) >= 11 is 0. The van der Waals surface area contributed by atoms with Crippen molar-refractivity contribution in [3.8, 4) is 0 Å². The van der Waals surface area contributed by atoms with E-state index in [0.29, 0.717) is 5.56 Å². The summed E-state index contributed by atoms with van der Waals surface area (Å²) in [6.45, 7) is 18.1. The van der Waals surface area contributed by atoms with Gasteiger partial charge in [-0.05, 0) is 80.4 Å². The molecule has 2 N–H and O–H groups in total. The van der Waals surface area contributed by atoms with Gasteiger partial charge in [-0.25, -0.2) is 4.79 Å². The summed E-state index contributed by atoms with van der Waals surface area (Å²) in [7, 11) is 0. The molecule has 1 aromatic rings. The molecule has 0 saturated carbocycles. The molecule has 0 aromatic heterocycles. The molecule has 9 nitrogen and oxygen atoms in total. The van der Waals surface area contributed by atoms with Gasteiger partial charge >= 0.3 is 12.1 Å². The number of ether oxygens (including phenoxy) is 2. The molecule has 0 bridgehead atoms. The SMILES string of the molecule is CCOC(=O)CCNC(=O)C(c1cc(C)ccc1C)N(C(=O)C(C)NC(=O)OC(C)(C)C)C(C)(C)C. The maximum Gasteiger partial charge on any atom is 0.408 e. The average Bonchev–Trinajstić information content (AvgIpc) is 2.71. The van der Waals surface area contributed by atoms with E-state index in [1.165, 1.54) is 4.90 Å². The molecule has 0 spiro atoms. The lowest BCUT2D eigenvalue weighted by Gasteiger charge is -2.43. The Morgan fingerprint density at radius 1 is 1.03 bits per heavy atom. The van der Waals surface area contributed by atoms with Crippen molar-refractivity contribution in [3.63, 3.8) is 0 Å². The monoisotopic (exact) mass is 505 g/mol. The second-order valence-corrected chi connectivity index (χ2v) is 10.9. The molecule has 0 heterocycles. The van der Waals surface area contributed by atoms with Crippen LogP contribution in [0.2, 0.25) is 0 Å². The fourth-order valence-corrected chi connectivity index (χ4v) is 3.67. The standard InChI is InChI=1S/C27H43N3O6/c1-11-35-21(31)14-15-28-23(32)22(20-16-17(2)12-13-18(20)3)30(26(5,6)7)24(33)19(4)29-25(34)36-27(8,9)10/h12-13,16,19,22H,11,14-15H2,1-10H3,(H,28,32)(H,29,34). The Kier molecular flexibility index (Phi) is 10.9. The van der Waals surface area contributed by atoms with Crippen LogP contribution in [-0.4, -0.2) is 59.1 Å². The van der Waals surface area contributed by atoms with Crippen LogP contribution in [0.15, 0.2) is 18.2 Å². The first-order chi connectivity index (χ1) is 16.5. The maximum atomic E-state index is 13.8. The van der Waals surface area contributed by atoms with Crippen LogP contribution in [0.4, 0.5) is 4.79 Å². The Labute approximate surface area is 215 Å². The van der Waals surface area contributed by atoms with E-state index in [1.54, 1.807) is 34.6 Å². The van der Waals surface area contributed by atoms with Crippen LogP contribution >= 0.6 is 0 Å².